The fourth-order valence-electron chi connectivity index (χ4n) is 2.48. The fourth-order valence-corrected chi connectivity index (χ4v) is 2.84. The highest BCUT2D eigenvalue weighted by Crippen LogP contribution is 2.26. The maximum Gasteiger partial charge on any atom is 0.174 e. The molecule has 6 heteroatoms. The Morgan fingerprint density at radius 2 is 2.00 bits per heavy atom. The molecule has 25 heavy (non-hydrogen) atoms. The van der Waals surface area contributed by atoms with Gasteiger partial charge in [0.1, 0.15) is 5.75 Å². The molecule has 134 valence electrons. The van der Waals surface area contributed by atoms with Crippen LogP contribution in [0, 0.1) is 0 Å². The van der Waals surface area contributed by atoms with Gasteiger partial charge in [0.2, 0.25) is 0 Å². The average molecular weight is 359 g/mol. The highest BCUT2D eigenvalue weighted by atomic mass is 32.1. The lowest BCUT2D eigenvalue weighted by atomic mass is 10.2. The number of pyridine rings is 1. The summed E-state index contributed by atoms with van der Waals surface area (Å²) >= 11 is 5.67. The Bertz CT molecular complexity index is 667. The second kappa shape index (κ2) is 9.96. The number of para-hydroxylation sites is 2. The molecule has 0 aliphatic rings. The van der Waals surface area contributed by atoms with Crippen LogP contribution in [-0.4, -0.2) is 41.9 Å². The Labute approximate surface area is 155 Å². The largest absolute Gasteiger partial charge is 0.492 e. The Morgan fingerprint density at radius 1 is 1.24 bits per heavy atom. The van der Waals surface area contributed by atoms with Crippen LogP contribution in [0.2, 0.25) is 0 Å². The van der Waals surface area contributed by atoms with Crippen molar-refractivity contribution in [1.29, 1.82) is 0 Å². The summed E-state index contributed by atoms with van der Waals surface area (Å²) in [5.41, 5.74) is 1.81. The van der Waals surface area contributed by atoms with E-state index in [1.165, 1.54) is 0 Å². The number of rotatable bonds is 8. The van der Waals surface area contributed by atoms with Crippen molar-refractivity contribution in [3.63, 3.8) is 0 Å². The standard InChI is InChI=1S/C19H25N3O2S/c1-4-24-18-11-6-5-10-17(18)21-19(25)22(13-14-23-3)15(2)16-9-7-8-12-20-16/h5-12,15H,4,13-14H2,1-3H3,(H,21,25)/t15-/m1/s1. The van der Waals surface area contributed by atoms with Crippen LogP contribution in [0.3, 0.4) is 0 Å². The fraction of sp³-hybridized carbons (Fsp3) is 0.368. The molecule has 2 rings (SSSR count). The first-order valence-corrected chi connectivity index (χ1v) is 8.77. The first-order chi connectivity index (χ1) is 12.2. The van der Waals surface area contributed by atoms with Crippen molar-refractivity contribution < 1.29 is 9.47 Å². The lowest BCUT2D eigenvalue weighted by Crippen LogP contribution is -2.39. The van der Waals surface area contributed by atoms with Gasteiger partial charge in [-0.1, -0.05) is 18.2 Å². The molecule has 1 aromatic carbocycles. The predicted octanol–water partition coefficient (Wildman–Crippen LogP) is 3.89. The van der Waals surface area contributed by atoms with Crippen molar-refractivity contribution in [2.24, 2.45) is 0 Å². The first kappa shape index (κ1) is 19.1. The summed E-state index contributed by atoms with van der Waals surface area (Å²) in [5, 5.41) is 3.92. The minimum Gasteiger partial charge on any atom is -0.492 e. The number of benzene rings is 1. The highest BCUT2D eigenvalue weighted by molar-refractivity contribution is 7.80. The molecular weight excluding hydrogens is 334 g/mol. The van der Waals surface area contributed by atoms with E-state index in [2.05, 4.69) is 22.1 Å². The molecule has 0 aliphatic heterocycles. The van der Waals surface area contributed by atoms with Crippen LogP contribution in [0.5, 0.6) is 5.75 Å². The molecule has 1 heterocycles. The van der Waals surface area contributed by atoms with Crippen molar-refractivity contribution in [1.82, 2.24) is 9.88 Å². The smallest absolute Gasteiger partial charge is 0.174 e. The number of methoxy groups -OCH3 is 1. The molecule has 5 nitrogen and oxygen atoms in total. The monoisotopic (exact) mass is 359 g/mol. The van der Waals surface area contributed by atoms with E-state index < -0.39 is 0 Å². The normalized spacial score (nSPS) is 11.6. The number of nitrogens with one attached hydrogen (secondary N) is 1. The number of thiocarbonyl (C=S) groups is 1. The minimum absolute atomic E-state index is 0.0237. The quantitative estimate of drug-likeness (QED) is 0.722. The summed E-state index contributed by atoms with van der Waals surface area (Å²) in [6.07, 6.45) is 1.79. The van der Waals surface area contributed by atoms with Crippen LogP contribution in [0.1, 0.15) is 25.6 Å². The van der Waals surface area contributed by atoms with E-state index >= 15 is 0 Å². The van der Waals surface area contributed by atoms with Gasteiger partial charge in [0, 0.05) is 19.9 Å². The van der Waals surface area contributed by atoms with Crippen molar-refractivity contribution in [2.45, 2.75) is 19.9 Å². The van der Waals surface area contributed by atoms with Crippen LogP contribution < -0.4 is 10.1 Å². The zero-order valence-electron chi connectivity index (χ0n) is 14.9. The molecule has 0 aliphatic carbocycles. The van der Waals surface area contributed by atoms with E-state index in [0.29, 0.717) is 24.9 Å². The summed E-state index contributed by atoms with van der Waals surface area (Å²) in [7, 11) is 1.68. The van der Waals surface area contributed by atoms with Gasteiger partial charge in [-0.3, -0.25) is 4.98 Å². The molecule has 0 spiro atoms. The molecule has 0 amide bonds. The van der Waals surface area contributed by atoms with E-state index in [0.717, 1.165) is 17.1 Å². The molecule has 0 fully saturated rings. The zero-order chi connectivity index (χ0) is 18.1. The maximum atomic E-state index is 5.67. The van der Waals surface area contributed by atoms with Gasteiger partial charge in [0.15, 0.2) is 5.11 Å². The summed E-state index contributed by atoms with van der Waals surface area (Å²) < 4.78 is 10.9. The molecule has 1 N–H and O–H groups in total. The molecule has 0 bridgehead atoms. The van der Waals surface area contributed by atoms with Crippen LogP contribution in [0.4, 0.5) is 5.69 Å². The van der Waals surface area contributed by atoms with Crippen LogP contribution >= 0.6 is 12.2 Å². The first-order valence-electron chi connectivity index (χ1n) is 8.36. The molecule has 1 atom stereocenters. The van der Waals surface area contributed by atoms with E-state index in [1.54, 1.807) is 13.3 Å². The Balaban J connectivity index is 2.18. The van der Waals surface area contributed by atoms with Crippen molar-refractivity contribution >= 4 is 23.0 Å². The van der Waals surface area contributed by atoms with E-state index in [4.69, 9.17) is 21.7 Å². The van der Waals surface area contributed by atoms with Crippen molar-refractivity contribution in [3.05, 3.63) is 54.4 Å². The van der Waals surface area contributed by atoms with Gasteiger partial charge in [-0.05, 0) is 50.3 Å². The minimum atomic E-state index is 0.0237. The Hall–Kier alpha value is -2.18. The molecule has 2 aromatic rings. The topological polar surface area (TPSA) is 46.6 Å². The molecule has 1 aromatic heterocycles. The van der Waals surface area contributed by atoms with Gasteiger partial charge in [-0.25, -0.2) is 0 Å². The van der Waals surface area contributed by atoms with Crippen LogP contribution in [-0.2, 0) is 4.74 Å². The molecular formula is C19H25N3O2S. The molecule has 0 saturated carbocycles. The average Bonchev–Trinajstić information content (AvgIpc) is 2.64. The van der Waals surface area contributed by atoms with Gasteiger partial charge < -0.3 is 19.7 Å². The van der Waals surface area contributed by atoms with Crippen LogP contribution in [0.25, 0.3) is 0 Å². The van der Waals surface area contributed by atoms with Gasteiger partial charge in [0.25, 0.3) is 0 Å². The SMILES string of the molecule is CCOc1ccccc1NC(=S)N(CCOC)[C@H](C)c1ccccn1. The third-order valence-electron chi connectivity index (χ3n) is 3.81. The van der Waals surface area contributed by atoms with Gasteiger partial charge in [-0.2, -0.15) is 0 Å². The second-order valence-corrected chi connectivity index (χ2v) is 5.86. The molecule has 0 radical (unpaired) electrons. The Kier molecular flexibility index (Phi) is 7.63. The predicted molar refractivity (Wildman–Crippen MR) is 105 cm³/mol. The van der Waals surface area contributed by atoms with Gasteiger partial charge in [0.05, 0.1) is 30.6 Å². The zero-order valence-corrected chi connectivity index (χ0v) is 15.8. The van der Waals surface area contributed by atoms with Crippen molar-refractivity contribution in [3.8, 4) is 5.75 Å². The number of ether oxygens (including phenoxy) is 2. The number of hydrogen-bond donors (Lipinski definition) is 1. The lowest BCUT2D eigenvalue weighted by molar-refractivity contribution is 0.164. The lowest BCUT2D eigenvalue weighted by Gasteiger charge is -2.31. The van der Waals surface area contributed by atoms with E-state index in [-0.39, 0.29) is 6.04 Å². The van der Waals surface area contributed by atoms with Crippen LogP contribution in [0.15, 0.2) is 48.7 Å². The van der Waals surface area contributed by atoms with E-state index in [9.17, 15) is 0 Å². The molecule has 0 saturated heterocycles. The second-order valence-electron chi connectivity index (χ2n) is 5.48. The number of anilines is 1. The van der Waals surface area contributed by atoms with Crippen molar-refractivity contribution in [2.75, 3.05) is 32.2 Å². The number of aromatic nitrogens is 1. The van der Waals surface area contributed by atoms with E-state index in [1.807, 2.05) is 49.4 Å². The van der Waals surface area contributed by atoms with Gasteiger partial charge in [-0.15, -0.1) is 0 Å². The summed E-state index contributed by atoms with van der Waals surface area (Å²) in [6, 6.07) is 13.7. The third-order valence-corrected chi connectivity index (χ3v) is 4.15. The Morgan fingerprint density at radius 3 is 2.68 bits per heavy atom. The number of hydrogen-bond acceptors (Lipinski definition) is 4. The summed E-state index contributed by atoms with van der Waals surface area (Å²) in [5.74, 6) is 0.782. The highest BCUT2D eigenvalue weighted by Gasteiger charge is 2.20. The molecule has 0 unspecified atom stereocenters. The van der Waals surface area contributed by atoms with Gasteiger partial charge >= 0.3 is 0 Å². The number of nitrogens with zero attached hydrogens (tertiary/aromatic N) is 2. The summed E-state index contributed by atoms with van der Waals surface area (Å²) in [4.78, 5) is 6.52. The maximum absolute atomic E-state index is 5.67. The third kappa shape index (κ3) is 5.41. The summed E-state index contributed by atoms with van der Waals surface area (Å²) in [6.45, 7) is 5.88.